The molecule has 4 aromatic rings. The summed E-state index contributed by atoms with van der Waals surface area (Å²) >= 11 is 0. The highest BCUT2D eigenvalue weighted by molar-refractivity contribution is 5.95. The molecule has 0 heterocycles. The first-order valence-electron chi connectivity index (χ1n) is 8.67. The van der Waals surface area contributed by atoms with Crippen molar-refractivity contribution in [2.75, 3.05) is 0 Å². The van der Waals surface area contributed by atoms with Crippen LogP contribution in [0, 0.1) is 0 Å². The second kappa shape index (κ2) is 8.81. The van der Waals surface area contributed by atoms with E-state index in [2.05, 4.69) is 35.3 Å². The summed E-state index contributed by atoms with van der Waals surface area (Å²) in [6.45, 7) is 0.560. The van der Waals surface area contributed by atoms with E-state index in [1.807, 2.05) is 72.9 Å². The lowest BCUT2D eigenvalue weighted by Gasteiger charge is -2.07. The number of fused-ring (bicyclic) bond motifs is 1. The maximum absolute atomic E-state index is 5.89. The zero-order chi connectivity index (χ0) is 17.6. The molecule has 0 spiro atoms. The van der Waals surface area contributed by atoms with E-state index in [9.17, 15) is 0 Å². The van der Waals surface area contributed by atoms with Crippen molar-refractivity contribution in [1.29, 1.82) is 0 Å². The number of ether oxygens (including phenoxy) is 1. The molecule has 0 aliphatic heterocycles. The van der Waals surface area contributed by atoms with Gasteiger partial charge in [-0.05, 0) is 34.7 Å². The minimum atomic E-state index is 0. The number of hydrogen-bond acceptors (Lipinski definition) is 2. The zero-order valence-electron chi connectivity index (χ0n) is 14.4. The highest BCUT2D eigenvalue weighted by atomic mass is 16.5. The van der Waals surface area contributed by atoms with E-state index in [-0.39, 0.29) is 7.43 Å². The Labute approximate surface area is 160 Å². The summed E-state index contributed by atoms with van der Waals surface area (Å²) in [5.41, 5.74) is 3.14. The molecule has 0 unspecified atom stereocenters. The number of aliphatic imine (C=N–C) groups is 1. The summed E-state index contributed by atoms with van der Waals surface area (Å²) in [4.78, 5) is 4.68. The average molecular weight is 353 g/mol. The molecule has 0 saturated heterocycles. The Morgan fingerprint density at radius 2 is 1.48 bits per heavy atom. The van der Waals surface area contributed by atoms with Gasteiger partial charge in [-0.1, -0.05) is 86.3 Å². The van der Waals surface area contributed by atoms with Crippen LogP contribution < -0.4 is 4.74 Å². The van der Waals surface area contributed by atoms with Crippen molar-refractivity contribution in [2.45, 2.75) is 14.0 Å². The number of nitrogens with zero attached hydrogens (tertiary/aromatic N) is 1. The minimum absolute atomic E-state index is 0. The molecule has 4 rings (SSSR count). The number of rotatable bonds is 5. The van der Waals surface area contributed by atoms with Crippen molar-refractivity contribution in [1.82, 2.24) is 0 Å². The van der Waals surface area contributed by atoms with Gasteiger partial charge in [-0.25, -0.2) is 0 Å². The van der Waals surface area contributed by atoms with Crippen LogP contribution in [0.5, 0.6) is 5.75 Å². The molecule has 0 N–H and O–H groups in total. The average Bonchev–Trinajstić information content (AvgIpc) is 2.72. The van der Waals surface area contributed by atoms with Gasteiger partial charge in [0.1, 0.15) is 12.4 Å². The monoisotopic (exact) mass is 353 g/mol. The van der Waals surface area contributed by atoms with E-state index in [4.69, 9.17) is 4.74 Å². The van der Waals surface area contributed by atoms with Crippen LogP contribution in [0.4, 0.5) is 5.69 Å². The molecule has 27 heavy (non-hydrogen) atoms. The molecule has 2 heteroatoms. The van der Waals surface area contributed by atoms with E-state index in [1.165, 1.54) is 5.39 Å². The van der Waals surface area contributed by atoms with Gasteiger partial charge in [-0.15, -0.1) is 0 Å². The second-order valence-corrected chi connectivity index (χ2v) is 6.10. The van der Waals surface area contributed by atoms with Gasteiger partial charge in [0, 0.05) is 11.6 Å². The van der Waals surface area contributed by atoms with Crippen LogP contribution in [-0.4, -0.2) is 6.21 Å². The predicted molar refractivity (Wildman–Crippen MR) is 115 cm³/mol. The summed E-state index contributed by atoms with van der Waals surface area (Å²) in [5, 5.41) is 2.35. The molecular formula is C25H23NO. The molecule has 134 valence electrons. The lowest BCUT2D eigenvalue weighted by Crippen LogP contribution is -1.95. The van der Waals surface area contributed by atoms with Crippen LogP contribution in [-0.2, 0) is 6.61 Å². The third kappa shape index (κ3) is 4.62. The molecule has 0 aromatic heterocycles. The standard InChI is InChI=1S/C24H19NO.CH4/c1-2-8-19(9-3-1)18-26-22-13-6-10-20(16-22)17-25-24-15-7-12-21-11-4-5-14-23(21)24;/h1-17H,18H2;1H4. The molecule has 0 aliphatic rings. The predicted octanol–water partition coefficient (Wildman–Crippen LogP) is 6.81. The Morgan fingerprint density at radius 3 is 2.37 bits per heavy atom. The first kappa shape index (κ1) is 18.4. The van der Waals surface area contributed by atoms with Gasteiger partial charge in [0.25, 0.3) is 0 Å². The molecule has 2 nitrogen and oxygen atoms in total. The van der Waals surface area contributed by atoms with E-state index in [1.54, 1.807) is 0 Å². The Morgan fingerprint density at radius 1 is 0.741 bits per heavy atom. The summed E-state index contributed by atoms with van der Waals surface area (Å²) in [6.07, 6.45) is 1.89. The van der Waals surface area contributed by atoms with Crippen LogP contribution in [0.3, 0.4) is 0 Å². The van der Waals surface area contributed by atoms with E-state index in [0.29, 0.717) is 6.61 Å². The zero-order valence-corrected chi connectivity index (χ0v) is 14.4. The molecule has 0 radical (unpaired) electrons. The lowest BCUT2D eigenvalue weighted by atomic mass is 10.1. The fraction of sp³-hybridized carbons (Fsp3) is 0.0800. The molecule has 0 aliphatic carbocycles. The molecule has 0 fully saturated rings. The van der Waals surface area contributed by atoms with Gasteiger partial charge < -0.3 is 4.74 Å². The Hall–Kier alpha value is -3.39. The normalized spacial score (nSPS) is 10.7. The molecule has 4 aromatic carbocycles. The SMILES string of the molecule is C.C(=Nc1cccc2ccccc12)c1cccc(OCc2ccccc2)c1. The molecular weight excluding hydrogens is 330 g/mol. The van der Waals surface area contributed by atoms with Crippen LogP contribution >= 0.6 is 0 Å². The van der Waals surface area contributed by atoms with Gasteiger partial charge in [0.15, 0.2) is 0 Å². The Balaban J connectivity index is 0.00000210. The Bertz CT molecular complexity index is 1030. The third-order valence-electron chi connectivity index (χ3n) is 4.23. The smallest absolute Gasteiger partial charge is 0.120 e. The molecule has 0 bridgehead atoms. The molecule has 0 amide bonds. The van der Waals surface area contributed by atoms with E-state index >= 15 is 0 Å². The topological polar surface area (TPSA) is 21.6 Å². The summed E-state index contributed by atoms with van der Waals surface area (Å²) in [6, 6.07) is 32.6. The minimum Gasteiger partial charge on any atom is -0.489 e. The lowest BCUT2D eigenvalue weighted by molar-refractivity contribution is 0.306. The van der Waals surface area contributed by atoms with Crippen molar-refractivity contribution < 1.29 is 4.74 Å². The van der Waals surface area contributed by atoms with Gasteiger partial charge >= 0.3 is 0 Å². The van der Waals surface area contributed by atoms with Crippen molar-refractivity contribution >= 4 is 22.7 Å². The van der Waals surface area contributed by atoms with Crippen LogP contribution in [0.25, 0.3) is 10.8 Å². The first-order valence-corrected chi connectivity index (χ1v) is 8.67. The number of hydrogen-bond donors (Lipinski definition) is 0. The van der Waals surface area contributed by atoms with Gasteiger partial charge in [-0.3, -0.25) is 4.99 Å². The summed E-state index contributed by atoms with van der Waals surface area (Å²) in [5.74, 6) is 0.843. The maximum Gasteiger partial charge on any atom is 0.120 e. The first-order chi connectivity index (χ1) is 12.9. The quantitative estimate of drug-likeness (QED) is 0.361. The van der Waals surface area contributed by atoms with Crippen molar-refractivity contribution in [2.24, 2.45) is 4.99 Å². The van der Waals surface area contributed by atoms with Crippen molar-refractivity contribution in [3.8, 4) is 5.75 Å². The third-order valence-corrected chi connectivity index (χ3v) is 4.23. The highest BCUT2D eigenvalue weighted by Gasteiger charge is 1.99. The fourth-order valence-electron chi connectivity index (χ4n) is 2.89. The van der Waals surface area contributed by atoms with Gasteiger partial charge in [-0.2, -0.15) is 0 Å². The maximum atomic E-state index is 5.89. The van der Waals surface area contributed by atoms with Crippen LogP contribution in [0.1, 0.15) is 18.6 Å². The fourth-order valence-corrected chi connectivity index (χ4v) is 2.89. The van der Waals surface area contributed by atoms with Gasteiger partial charge in [0.05, 0.1) is 5.69 Å². The van der Waals surface area contributed by atoms with Crippen molar-refractivity contribution in [3.63, 3.8) is 0 Å². The van der Waals surface area contributed by atoms with Gasteiger partial charge in [0.2, 0.25) is 0 Å². The molecule has 0 saturated carbocycles. The summed E-state index contributed by atoms with van der Waals surface area (Å²) < 4.78 is 5.89. The van der Waals surface area contributed by atoms with E-state index in [0.717, 1.165) is 28.0 Å². The van der Waals surface area contributed by atoms with Crippen LogP contribution in [0.2, 0.25) is 0 Å². The molecule has 0 atom stereocenters. The Kier molecular flexibility index (Phi) is 6.01. The highest BCUT2D eigenvalue weighted by Crippen LogP contribution is 2.25. The largest absolute Gasteiger partial charge is 0.489 e. The summed E-state index contributed by atoms with van der Waals surface area (Å²) in [7, 11) is 0. The number of benzene rings is 4. The van der Waals surface area contributed by atoms with Crippen molar-refractivity contribution in [3.05, 3.63) is 108 Å². The second-order valence-electron chi connectivity index (χ2n) is 6.10. The van der Waals surface area contributed by atoms with E-state index < -0.39 is 0 Å². The van der Waals surface area contributed by atoms with Crippen LogP contribution in [0.15, 0.2) is 102 Å².